The number of nitrogens with one attached hydrogen (secondary N) is 2. The first-order chi connectivity index (χ1) is 14.9. The van der Waals surface area contributed by atoms with Crippen LogP contribution in [0, 0.1) is 0 Å². The van der Waals surface area contributed by atoms with Gasteiger partial charge in [-0.1, -0.05) is 65.8 Å². The molecule has 0 bridgehead atoms. The first-order valence-electron chi connectivity index (χ1n) is 10.5. The van der Waals surface area contributed by atoms with Crippen molar-refractivity contribution < 1.29 is 14.3 Å². The maximum Gasteiger partial charge on any atom is 0.282 e. The standard InChI is InChI=1S/C24H24N4OS/c1-3-7-19(8-4-1)23(20-9-5-2-6-10-20)28-14-12-27(13-15-28)17-22-25-24(26-29-22)21-11-16-30-18-21/h1-11,16,18,23H,12-15,17H2/p+2. The van der Waals surface area contributed by atoms with Gasteiger partial charge < -0.3 is 14.3 Å². The highest BCUT2D eigenvalue weighted by Crippen LogP contribution is 2.19. The molecule has 2 N–H and O–H groups in total. The number of piperazine rings is 1. The van der Waals surface area contributed by atoms with Crippen LogP contribution in [-0.2, 0) is 6.54 Å². The highest BCUT2D eigenvalue weighted by atomic mass is 32.1. The van der Waals surface area contributed by atoms with Crippen molar-refractivity contribution in [3.05, 3.63) is 94.5 Å². The van der Waals surface area contributed by atoms with E-state index in [0.717, 1.165) is 44.2 Å². The molecule has 0 radical (unpaired) electrons. The molecular formula is C24H26N4OS+2. The zero-order chi connectivity index (χ0) is 20.2. The Morgan fingerprint density at radius 2 is 1.53 bits per heavy atom. The Bertz CT molecular complexity index is 1000. The van der Waals surface area contributed by atoms with Crippen LogP contribution in [0.25, 0.3) is 11.4 Å². The molecule has 1 fully saturated rings. The summed E-state index contributed by atoms with van der Waals surface area (Å²) in [6.45, 7) is 5.24. The van der Waals surface area contributed by atoms with Crippen LogP contribution in [0.3, 0.4) is 0 Å². The molecule has 0 spiro atoms. The van der Waals surface area contributed by atoms with Crippen molar-refractivity contribution in [3.63, 3.8) is 0 Å². The van der Waals surface area contributed by atoms with Gasteiger partial charge >= 0.3 is 0 Å². The molecule has 1 aliphatic rings. The Balaban J connectivity index is 1.26. The molecule has 2 aromatic heterocycles. The number of rotatable bonds is 6. The molecule has 6 heteroatoms. The number of aromatic nitrogens is 2. The Hall–Kier alpha value is -2.80. The zero-order valence-corrected chi connectivity index (χ0v) is 17.6. The van der Waals surface area contributed by atoms with Crippen LogP contribution in [0.5, 0.6) is 0 Å². The zero-order valence-electron chi connectivity index (χ0n) is 16.8. The van der Waals surface area contributed by atoms with Crippen LogP contribution < -0.4 is 9.80 Å². The summed E-state index contributed by atoms with van der Waals surface area (Å²) in [5.74, 6) is 1.43. The monoisotopic (exact) mass is 418 g/mol. The Morgan fingerprint density at radius 1 is 0.867 bits per heavy atom. The third-order valence-electron chi connectivity index (χ3n) is 5.92. The lowest BCUT2D eigenvalue weighted by atomic mass is 9.96. The number of thiophene rings is 1. The van der Waals surface area contributed by atoms with Gasteiger partial charge in [0.2, 0.25) is 5.82 Å². The quantitative estimate of drug-likeness (QED) is 0.503. The molecule has 1 aliphatic heterocycles. The van der Waals surface area contributed by atoms with Crippen LogP contribution >= 0.6 is 11.3 Å². The largest absolute Gasteiger partial charge is 0.333 e. The Labute approximate surface area is 180 Å². The van der Waals surface area contributed by atoms with Crippen LogP contribution in [0.2, 0.25) is 0 Å². The highest BCUT2D eigenvalue weighted by Gasteiger charge is 2.32. The third kappa shape index (κ3) is 4.21. The Kier molecular flexibility index (Phi) is 5.70. The number of hydrogen-bond donors (Lipinski definition) is 2. The van der Waals surface area contributed by atoms with E-state index in [0.29, 0.717) is 11.9 Å². The van der Waals surface area contributed by atoms with Gasteiger partial charge in [-0.2, -0.15) is 16.3 Å². The van der Waals surface area contributed by atoms with E-state index in [1.807, 2.05) is 11.4 Å². The lowest BCUT2D eigenvalue weighted by molar-refractivity contribution is -1.03. The van der Waals surface area contributed by atoms with Gasteiger partial charge in [-0.25, -0.2) is 0 Å². The fourth-order valence-corrected chi connectivity index (χ4v) is 5.03. The summed E-state index contributed by atoms with van der Waals surface area (Å²) in [6.07, 6.45) is 0. The van der Waals surface area contributed by atoms with Crippen LogP contribution in [0.4, 0.5) is 0 Å². The molecule has 0 aliphatic carbocycles. The summed E-state index contributed by atoms with van der Waals surface area (Å²) >= 11 is 1.65. The molecule has 0 unspecified atom stereocenters. The van der Waals surface area contributed by atoms with E-state index in [-0.39, 0.29) is 0 Å². The molecule has 3 heterocycles. The second-order valence-corrected chi connectivity index (χ2v) is 8.64. The molecule has 0 amide bonds. The lowest BCUT2D eigenvalue weighted by Gasteiger charge is -2.34. The van der Waals surface area contributed by atoms with Crippen LogP contribution in [-0.4, -0.2) is 36.3 Å². The molecule has 5 nitrogen and oxygen atoms in total. The highest BCUT2D eigenvalue weighted by molar-refractivity contribution is 7.08. The third-order valence-corrected chi connectivity index (χ3v) is 6.61. The second kappa shape index (κ2) is 8.92. The molecule has 152 valence electrons. The average molecular weight is 419 g/mol. The van der Waals surface area contributed by atoms with Crippen LogP contribution in [0.1, 0.15) is 23.1 Å². The van der Waals surface area contributed by atoms with Crippen molar-refractivity contribution in [1.82, 2.24) is 10.1 Å². The summed E-state index contributed by atoms with van der Waals surface area (Å²) in [5, 5.41) is 8.24. The van der Waals surface area contributed by atoms with E-state index in [1.165, 1.54) is 16.0 Å². The first-order valence-corrected chi connectivity index (χ1v) is 11.4. The van der Waals surface area contributed by atoms with Crippen molar-refractivity contribution in [2.24, 2.45) is 0 Å². The van der Waals surface area contributed by atoms with E-state index in [1.54, 1.807) is 16.2 Å². The fourth-order valence-electron chi connectivity index (χ4n) is 4.39. The minimum Gasteiger partial charge on any atom is -0.333 e. The molecule has 0 saturated carbocycles. The summed E-state index contributed by atoms with van der Waals surface area (Å²) < 4.78 is 5.52. The number of benzene rings is 2. The maximum atomic E-state index is 5.52. The van der Waals surface area contributed by atoms with Crippen molar-refractivity contribution in [2.75, 3.05) is 26.2 Å². The second-order valence-electron chi connectivity index (χ2n) is 7.86. The molecule has 5 rings (SSSR count). The van der Waals surface area contributed by atoms with Gasteiger partial charge in [-0.05, 0) is 11.4 Å². The summed E-state index contributed by atoms with van der Waals surface area (Å²) in [4.78, 5) is 7.74. The van der Waals surface area contributed by atoms with Gasteiger partial charge in [0.05, 0.1) is 0 Å². The van der Waals surface area contributed by atoms with Gasteiger partial charge in [-0.15, -0.1) is 0 Å². The molecule has 30 heavy (non-hydrogen) atoms. The van der Waals surface area contributed by atoms with Crippen molar-refractivity contribution >= 4 is 11.3 Å². The predicted octanol–water partition coefficient (Wildman–Crippen LogP) is 1.87. The van der Waals surface area contributed by atoms with E-state index >= 15 is 0 Å². The van der Waals surface area contributed by atoms with Gasteiger partial charge in [0.25, 0.3) is 5.89 Å². The van der Waals surface area contributed by atoms with Gasteiger partial charge in [-0.3, -0.25) is 0 Å². The fraction of sp³-hybridized carbons (Fsp3) is 0.250. The van der Waals surface area contributed by atoms with Crippen LogP contribution in [0.15, 0.2) is 82.0 Å². The molecular weight excluding hydrogens is 392 g/mol. The normalized spacial score (nSPS) is 19.2. The van der Waals surface area contributed by atoms with Crippen molar-refractivity contribution in [1.29, 1.82) is 0 Å². The topological polar surface area (TPSA) is 47.8 Å². The molecule has 0 atom stereocenters. The van der Waals surface area contributed by atoms with E-state index < -0.39 is 0 Å². The minimum absolute atomic E-state index is 0.377. The van der Waals surface area contributed by atoms with Gasteiger partial charge in [0.15, 0.2) is 6.54 Å². The van der Waals surface area contributed by atoms with E-state index in [4.69, 9.17) is 4.52 Å². The average Bonchev–Trinajstić information content (AvgIpc) is 3.49. The van der Waals surface area contributed by atoms with Gasteiger partial charge in [0, 0.05) is 22.1 Å². The Morgan fingerprint density at radius 3 is 2.13 bits per heavy atom. The lowest BCUT2D eigenvalue weighted by Crippen LogP contribution is -3.27. The SMILES string of the molecule is c1ccc(C(c2ccccc2)[NH+]2CC[NH+](Cc3nc(-c4ccsc4)no3)CC2)cc1. The molecule has 4 aromatic rings. The van der Waals surface area contributed by atoms with Gasteiger partial charge in [0.1, 0.15) is 32.2 Å². The van der Waals surface area contributed by atoms with E-state index in [9.17, 15) is 0 Å². The summed E-state index contributed by atoms with van der Waals surface area (Å²) in [6, 6.07) is 24.2. The maximum absolute atomic E-state index is 5.52. The number of quaternary nitrogens is 2. The smallest absolute Gasteiger partial charge is 0.282 e. The number of nitrogens with zero attached hydrogens (tertiary/aromatic N) is 2. The summed E-state index contributed by atoms with van der Waals surface area (Å²) in [7, 11) is 0. The van der Waals surface area contributed by atoms with Crippen molar-refractivity contribution in [3.8, 4) is 11.4 Å². The minimum atomic E-state index is 0.377. The summed E-state index contributed by atoms with van der Waals surface area (Å²) in [5.41, 5.74) is 3.81. The first kappa shape index (κ1) is 19.2. The molecule has 1 saturated heterocycles. The number of hydrogen-bond acceptors (Lipinski definition) is 4. The molecule has 2 aromatic carbocycles. The predicted molar refractivity (Wildman–Crippen MR) is 117 cm³/mol. The van der Waals surface area contributed by atoms with E-state index in [2.05, 4.69) is 76.2 Å². The van der Waals surface area contributed by atoms with Crippen molar-refractivity contribution in [2.45, 2.75) is 12.6 Å².